The van der Waals surface area contributed by atoms with Crippen LogP contribution in [0.3, 0.4) is 0 Å². The zero-order valence-electron chi connectivity index (χ0n) is 13.4. The van der Waals surface area contributed by atoms with Gasteiger partial charge in [-0.25, -0.2) is 13.8 Å². The van der Waals surface area contributed by atoms with E-state index in [2.05, 4.69) is 20.6 Å². The SMILES string of the molecule is CN=C(NCCc1c(F)cccc1F)NCc1sc(C)nc1C. The minimum atomic E-state index is -0.523. The lowest BCUT2D eigenvalue weighted by atomic mass is 10.1. The van der Waals surface area contributed by atoms with Crippen molar-refractivity contribution in [2.24, 2.45) is 4.99 Å². The van der Waals surface area contributed by atoms with Crippen LogP contribution in [0.2, 0.25) is 0 Å². The Morgan fingerprint density at radius 2 is 1.91 bits per heavy atom. The standard InChI is InChI=1S/C16H20F2N4S/c1-10-15(23-11(2)22-10)9-21-16(19-3)20-8-7-12-13(17)5-4-6-14(12)18/h4-6H,7-9H2,1-3H3,(H2,19,20,21). The van der Waals surface area contributed by atoms with Crippen molar-refractivity contribution in [1.82, 2.24) is 15.6 Å². The topological polar surface area (TPSA) is 49.3 Å². The number of aromatic nitrogens is 1. The molecule has 23 heavy (non-hydrogen) atoms. The van der Waals surface area contributed by atoms with Crippen molar-refractivity contribution in [2.45, 2.75) is 26.8 Å². The van der Waals surface area contributed by atoms with Gasteiger partial charge in [-0.05, 0) is 32.4 Å². The number of guanidine groups is 1. The van der Waals surface area contributed by atoms with E-state index in [-0.39, 0.29) is 12.0 Å². The van der Waals surface area contributed by atoms with Gasteiger partial charge >= 0.3 is 0 Å². The van der Waals surface area contributed by atoms with Gasteiger partial charge in [-0.3, -0.25) is 4.99 Å². The lowest BCUT2D eigenvalue weighted by Crippen LogP contribution is -2.38. The highest BCUT2D eigenvalue weighted by Crippen LogP contribution is 2.16. The van der Waals surface area contributed by atoms with Crippen LogP contribution in [0.25, 0.3) is 0 Å². The number of hydrogen-bond acceptors (Lipinski definition) is 3. The molecule has 1 aromatic heterocycles. The van der Waals surface area contributed by atoms with Crippen molar-refractivity contribution in [3.8, 4) is 0 Å². The summed E-state index contributed by atoms with van der Waals surface area (Å²) in [5, 5.41) is 7.26. The van der Waals surface area contributed by atoms with E-state index >= 15 is 0 Å². The third kappa shape index (κ3) is 4.72. The Labute approximate surface area is 138 Å². The first-order valence-electron chi connectivity index (χ1n) is 7.31. The number of aliphatic imine (C=N–C) groups is 1. The van der Waals surface area contributed by atoms with Crippen molar-refractivity contribution in [1.29, 1.82) is 0 Å². The van der Waals surface area contributed by atoms with Crippen molar-refractivity contribution < 1.29 is 8.78 Å². The zero-order valence-corrected chi connectivity index (χ0v) is 14.2. The highest BCUT2D eigenvalue weighted by Gasteiger charge is 2.09. The summed E-state index contributed by atoms with van der Waals surface area (Å²) in [5.74, 6) is -0.455. The van der Waals surface area contributed by atoms with Gasteiger partial charge in [-0.2, -0.15) is 0 Å². The van der Waals surface area contributed by atoms with Crippen molar-refractivity contribution >= 4 is 17.3 Å². The summed E-state index contributed by atoms with van der Waals surface area (Å²) in [6, 6.07) is 3.89. The maximum Gasteiger partial charge on any atom is 0.191 e. The van der Waals surface area contributed by atoms with E-state index in [1.165, 1.54) is 18.2 Å². The molecule has 0 radical (unpaired) electrons. The molecule has 4 nitrogen and oxygen atoms in total. The fourth-order valence-corrected chi connectivity index (χ4v) is 3.08. The largest absolute Gasteiger partial charge is 0.356 e. The highest BCUT2D eigenvalue weighted by molar-refractivity contribution is 7.11. The van der Waals surface area contributed by atoms with E-state index in [9.17, 15) is 8.78 Å². The molecule has 1 heterocycles. The van der Waals surface area contributed by atoms with Gasteiger partial charge in [-0.15, -0.1) is 11.3 Å². The molecule has 124 valence electrons. The number of thiazole rings is 1. The van der Waals surface area contributed by atoms with Gasteiger partial charge in [0, 0.05) is 24.0 Å². The first-order chi connectivity index (χ1) is 11.0. The molecule has 2 aromatic rings. The zero-order chi connectivity index (χ0) is 16.8. The molecule has 7 heteroatoms. The van der Waals surface area contributed by atoms with Gasteiger partial charge in [-0.1, -0.05) is 6.07 Å². The number of hydrogen-bond donors (Lipinski definition) is 2. The summed E-state index contributed by atoms with van der Waals surface area (Å²) >= 11 is 1.64. The average molecular weight is 338 g/mol. The van der Waals surface area contributed by atoms with Crippen molar-refractivity contribution in [2.75, 3.05) is 13.6 Å². The van der Waals surface area contributed by atoms with Crippen LogP contribution >= 0.6 is 11.3 Å². The summed E-state index contributed by atoms with van der Waals surface area (Å²) in [6.45, 7) is 4.94. The number of halogens is 2. The molecular weight excluding hydrogens is 318 g/mol. The van der Waals surface area contributed by atoms with Gasteiger partial charge < -0.3 is 10.6 Å². The van der Waals surface area contributed by atoms with Crippen molar-refractivity contribution in [3.63, 3.8) is 0 Å². The van der Waals surface area contributed by atoms with Crippen LogP contribution in [0.5, 0.6) is 0 Å². The quantitative estimate of drug-likeness (QED) is 0.651. The predicted molar refractivity (Wildman–Crippen MR) is 89.9 cm³/mol. The number of nitrogens with one attached hydrogen (secondary N) is 2. The lowest BCUT2D eigenvalue weighted by molar-refractivity contribution is 0.553. The molecule has 0 saturated carbocycles. The van der Waals surface area contributed by atoms with Gasteiger partial charge in [0.1, 0.15) is 11.6 Å². The van der Waals surface area contributed by atoms with Crippen LogP contribution in [-0.4, -0.2) is 24.5 Å². The molecule has 2 rings (SSSR count). The summed E-state index contributed by atoms with van der Waals surface area (Å²) in [5.41, 5.74) is 1.09. The van der Waals surface area contributed by atoms with E-state index in [4.69, 9.17) is 0 Å². The summed E-state index contributed by atoms with van der Waals surface area (Å²) in [6.07, 6.45) is 0.248. The summed E-state index contributed by atoms with van der Waals surface area (Å²) in [7, 11) is 1.66. The molecule has 0 aliphatic heterocycles. The second-order valence-electron chi connectivity index (χ2n) is 5.04. The minimum Gasteiger partial charge on any atom is -0.356 e. The van der Waals surface area contributed by atoms with E-state index in [1.807, 2.05) is 13.8 Å². The lowest BCUT2D eigenvalue weighted by Gasteiger charge is -2.12. The van der Waals surface area contributed by atoms with E-state index < -0.39 is 11.6 Å². The molecule has 0 aliphatic carbocycles. The number of aryl methyl sites for hydroxylation is 2. The highest BCUT2D eigenvalue weighted by atomic mass is 32.1. The molecule has 0 amide bonds. The average Bonchev–Trinajstić information content (AvgIpc) is 2.83. The summed E-state index contributed by atoms with van der Waals surface area (Å²) < 4.78 is 27.1. The van der Waals surface area contributed by atoms with E-state index in [1.54, 1.807) is 18.4 Å². The number of benzene rings is 1. The van der Waals surface area contributed by atoms with Crippen LogP contribution in [-0.2, 0) is 13.0 Å². The van der Waals surface area contributed by atoms with Gasteiger partial charge in [0.25, 0.3) is 0 Å². The Hall–Kier alpha value is -2.02. The minimum absolute atomic E-state index is 0.0874. The molecule has 0 spiro atoms. The maximum absolute atomic E-state index is 13.6. The fraction of sp³-hybridized carbons (Fsp3) is 0.375. The third-order valence-corrected chi connectivity index (χ3v) is 4.44. The van der Waals surface area contributed by atoms with Crippen LogP contribution in [0.15, 0.2) is 23.2 Å². The maximum atomic E-state index is 13.6. The second-order valence-corrected chi connectivity index (χ2v) is 6.33. The van der Waals surface area contributed by atoms with Gasteiger partial charge in [0.15, 0.2) is 5.96 Å². The Kier molecular flexibility index (Phi) is 6.04. The monoisotopic (exact) mass is 338 g/mol. The molecule has 0 saturated heterocycles. The molecule has 0 aliphatic rings. The number of rotatable bonds is 5. The molecule has 1 aromatic carbocycles. The predicted octanol–water partition coefficient (Wildman–Crippen LogP) is 2.95. The molecular formula is C16H20F2N4S. The smallest absolute Gasteiger partial charge is 0.191 e. The van der Waals surface area contributed by atoms with Crippen LogP contribution in [0.4, 0.5) is 8.78 Å². The first-order valence-corrected chi connectivity index (χ1v) is 8.13. The molecule has 0 fully saturated rings. The number of nitrogens with zero attached hydrogens (tertiary/aromatic N) is 2. The Morgan fingerprint density at radius 1 is 1.22 bits per heavy atom. The van der Waals surface area contributed by atoms with E-state index in [0.29, 0.717) is 19.0 Å². The Balaban J connectivity index is 1.85. The molecule has 0 atom stereocenters. The molecule has 0 bridgehead atoms. The van der Waals surface area contributed by atoms with Crippen LogP contribution in [0, 0.1) is 25.5 Å². The van der Waals surface area contributed by atoms with Crippen LogP contribution in [0.1, 0.15) is 21.1 Å². The van der Waals surface area contributed by atoms with Crippen LogP contribution < -0.4 is 10.6 Å². The van der Waals surface area contributed by atoms with Gasteiger partial charge in [0.2, 0.25) is 0 Å². The molecule has 2 N–H and O–H groups in total. The fourth-order valence-electron chi connectivity index (χ4n) is 2.20. The van der Waals surface area contributed by atoms with E-state index in [0.717, 1.165) is 15.6 Å². The normalized spacial score (nSPS) is 11.6. The third-order valence-electron chi connectivity index (χ3n) is 3.37. The Bertz CT molecular complexity index is 677. The Morgan fingerprint density at radius 3 is 2.48 bits per heavy atom. The van der Waals surface area contributed by atoms with Gasteiger partial charge in [0.05, 0.1) is 17.2 Å². The summed E-state index contributed by atoms with van der Waals surface area (Å²) in [4.78, 5) is 9.62. The molecule has 0 unspecified atom stereocenters. The second kappa shape index (κ2) is 8.01. The van der Waals surface area contributed by atoms with Crippen molar-refractivity contribution in [3.05, 3.63) is 51.0 Å². The first kappa shape index (κ1) is 17.3.